The van der Waals surface area contributed by atoms with Crippen LogP contribution in [0, 0.1) is 12.8 Å². The van der Waals surface area contributed by atoms with Crippen LogP contribution in [0.3, 0.4) is 0 Å². The van der Waals surface area contributed by atoms with Crippen LogP contribution >= 0.6 is 23.2 Å². The largest absolute Gasteiger partial charge is 0.339 e. The second-order valence-electron chi connectivity index (χ2n) is 4.78. The Morgan fingerprint density at radius 3 is 2.44 bits per heavy atom. The van der Waals surface area contributed by atoms with Gasteiger partial charge in [-0.15, -0.1) is 23.2 Å². The van der Waals surface area contributed by atoms with Crippen LogP contribution in [0.15, 0.2) is 24.3 Å². The standard InChI is InChI=1S/C14H16BCl2.Y/c1-2-9-4-3-5-10(6-9)7-11-12(16)8-13(17)14(11)15;/h3-6,11-14H,1-2,7-8H2;/q-1;. The molecule has 2 rings (SSSR count). The Bertz CT molecular complexity index is 386. The van der Waals surface area contributed by atoms with Gasteiger partial charge in [0.15, 0.2) is 0 Å². The zero-order valence-corrected chi connectivity index (χ0v) is 14.7. The van der Waals surface area contributed by atoms with Gasteiger partial charge >= 0.3 is 0 Å². The summed E-state index contributed by atoms with van der Waals surface area (Å²) < 4.78 is 0. The van der Waals surface area contributed by atoms with Crippen molar-refractivity contribution >= 4 is 31.0 Å². The van der Waals surface area contributed by atoms with Gasteiger partial charge in [-0.05, 0) is 24.3 Å². The molecule has 4 unspecified atom stereocenters. The Labute approximate surface area is 146 Å². The third-order valence-electron chi connectivity index (χ3n) is 3.58. The van der Waals surface area contributed by atoms with Gasteiger partial charge in [0.2, 0.25) is 0 Å². The minimum absolute atomic E-state index is 0. The molecule has 3 radical (unpaired) electrons. The summed E-state index contributed by atoms with van der Waals surface area (Å²) in [5.74, 6) is 0.279. The van der Waals surface area contributed by atoms with Gasteiger partial charge in [-0.2, -0.15) is 6.42 Å². The van der Waals surface area contributed by atoms with Gasteiger partial charge < -0.3 is 6.92 Å². The van der Waals surface area contributed by atoms with Crippen LogP contribution < -0.4 is 0 Å². The van der Waals surface area contributed by atoms with Crippen molar-refractivity contribution in [2.24, 2.45) is 5.92 Å². The summed E-state index contributed by atoms with van der Waals surface area (Å²) in [5.41, 5.74) is 2.53. The molecule has 0 bridgehead atoms. The maximum Gasteiger partial charge on any atom is 0.0724 e. The fraction of sp³-hybridized carbons (Fsp3) is 0.500. The quantitative estimate of drug-likeness (QED) is 0.440. The summed E-state index contributed by atoms with van der Waals surface area (Å²) in [5, 5.41) is 0.106. The summed E-state index contributed by atoms with van der Waals surface area (Å²) in [4.78, 5) is 0. The van der Waals surface area contributed by atoms with E-state index in [0.717, 1.165) is 19.3 Å². The molecular formula is C14H16BCl2Y-. The number of benzene rings is 1. The number of halogens is 2. The Morgan fingerprint density at radius 1 is 1.22 bits per heavy atom. The average Bonchev–Trinajstić information content (AvgIpc) is 2.56. The van der Waals surface area contributed by atoms with Gasteiger partial charge in [-0.3, -0.25) is 0 Å². The molecule has 0 aliphatic heterocycles. The van der Waals surface area contributed by atoms with E-state index in [1.54, 1.807) is 0 Å². The molecule has 1 saturated carbocycles. The zero-order chi connectivity index (χ0) is 12.4. The van der Waals surface area contributed by atoms with Crippen molar-refractivity contribution in [2.45, 2.75) is 35.8 Å². The third-order valence-corrected chi connectivity index (χ3v) is 4.55. The van der Waals surface area contributed by atoms with Crippen LogP contribution in [0.5, 0.6) is 0 Å². The smallest absolute Gasteiger partial charge is 0.0724 e. The summed E-state index contributed by atoms with van der Waals surface area (Å²) in [7, 11) is 6.10. The Hall–Kier alpha value is 0.969. The van der Waals surface area contributed by atoms with Crippen molar-refractivity contribution in [1.82, 2.24) is 0 Å². The molecule has 0 N–H and O–H groups in total. The van der Waals surface area contributed by atoms with Gasteiger partial charge in [0, 0.05) is 43.5 Å². The molecule has 1 aromatic rings. The maximum atomic E-state index is 6.31. The first-order valence-electron chi connectivity index (χ1n) is 6.02. The van der Waals surface area contributed by atoms with Crippen LogP contribution in [0.1, 0.15) is 17.5 Å². The van der Waals surface area contributed by atoms with Crippen LogP contribution in [-0.4, -0.2) is 18.6 Å². The van der Waals surface area contributed by atoms with E-state index in [4.69, 9.17) is 31.0 Å². The molecule has 0 heterocycles. The Balaban J connectivity index is 0.00000162. The number of rotatable bonds is 3. The predicted octanol–water partition coefficient (Wildman–Crippen LogP) is 3.79. The zero-order valence-electron chi connectivity index (χ0n) is 10.4. The number of hydrogen-bond acceptors (Lipinski definition) is 0. The molecule has 93 valence electrons. The van der Waals surface area contributed by atoms with E-state index in [1.165, 1.54) is 11.1 Å². The van der Waals surface area contributed by atoms with Crippen molar-refractivity contribution in [3.05, 3.63) is 42.3 Å². The molecule has 4 heteroatoms. The molecule has 0 amide bonds. The van der Waals surface area contributed by atoms with E-state index < -0.39 is 0 Å². The Kier molecular flexibility index (Phi) is 7.26. The first-order chi connectivity index (χ1) is 8.11. The van der Waals surface area contributed by atoms with E-state index in [0.29, 0.717) is 0 Å². The minimum atomic E-state index is 0. The van der Waals surface area contributed by atoms with Crippen molar-refractivity contribution in [3.8, 4) is 0 Å². The molecule has 1 aliphatic rings. The van der Waals surface area contributed by atoms with E-state index in [1.807, 2.05) is 0 Å². The predicted molar refractivity (Wildman–Crippen MR) is 76.1 cm³/mol. The number of alkyl halides is 2. The van der Waals surface area contributed by atoms with Crippen LogP contribution in [-0.2, 0) is 45.6 Å². The van der Waals surface area contributed by atoms with Crippen molar-refractivity contribution in [1.29, 1.82) is 0 Å². The molecule has 1 aromatic carbocycles. The molecule has 1 fully saturated rings. The molecule has 0 spiro atoms. The molecule has 0 saturated heterocycles. The van der Waals surface area contributed by atoms with E-state index in [9.17, 15) is 0 Å². The van der Waals surface area contributed by atoms with Gasteiger partial charge in [0.05, 0.1) is 7.85 Å². The second-order valence-corrected chi connectivity index (χ2v) is 5.90. The number of hydrogen-bond donors (Lipinski definition) is 0. The molecule has 0 nitrogen and oxygen atoms in total. The van der Waals surface area contributed by atoms with E-state index >= 15 is 0 Å². The second kappa shape index (κ2) is 7.67. The van der Waals surface area contributed by atoms with E-state index in [-0.39, 0.29) is 55.2 Å². The van der Waals surface area contributed by atoms with Crippen LogP contribution in [0.25, 0.3) is 0 Å². The van der Waals surface area contributed by atoms with Crippen molar-refractivity contribution < 1.29 is 32.7 Å². The third kappa shape index (κ3) is 3.98. The van der Waals surface area contributed by atoms with Crippen molar-refractivity contribution in [2.75, 3.05) is 0 Å². The van der Waals surface area contributed by atoms with Gasteiger partial charge in [0.25, 0.3) is 0 Å². The van der Waals surface area contributed by atoms with Crippen LogP contribution in [0.2, 0.25) is 5.82 Å². The SMILES string of the molecule is [B]C1C(Cl)CC(Cl)C1Cc1cccc(C[CH2-])c1.[Y]. The molecular weight excluding hydrogens is 339 g/mol. The Morgan fingerprint density at radius 2 is 1.89 bits per heavy atom. The summed E-state index contributed by atoms with van der Waals surface area (Å²) in [6.07, 6.45) is 2.53. The summed E-state index contributed by atoms with van der Waals surface area (Å²) in [6, 6.07) is 8.47. The normalized spacial score (nSPS) is 31.1. The molecule has 4 atom stereocenters. The van der Waals surface area contributed by atoms with E-state index in [2.05, 4.69) is 31.2 Å². The molecule has 1 aliphatic carbocycles. The molecule has 0 aromatic heterocycles. The van der Waals surface area contributed by atoms with Gasteiger partial charge in [-0.1, -0.05) is 35.6 Å². The molecule has 18 heavy (non-hydrogen) atoms. The fourth-order valence-corrected chi connectivity index (χ4v) is 3.42. The van der Waals surface area contributed by atoms with Crippen LogP contribution in [0.4, 0.5) is 0 Å². The fourth-order valence-electron chi connectivity index (χ4n) is 2.50. The van der Waals surface area contributed by atoms with Gasteiger partial charge in [-0.25, -0.2) is 0 Å². The maximum absolute atomic E-state index is 6.31. The minimum Gasteiger partial charge on any atom is -0.339 e. The first-order valence-corrected chi connectivity index (χ1v) is 6.90. The average molecular weight is 355 g/mol. The summed E-state index contributed by atoms with van der Waals surface area (Å²) >= 11 is 12.5. The summed E-state index contributed by atoms with van der Waals surface area (Å²) in [6.45, 7) is 3.90. The van der Waals surface area contributed by atoms with Gasteiger partial charge in [0.1, 0.15) is 0 Å². The van der Waals surface area contributed by atoms with Crippen molar-refractivity contribution in [3.63, 3.8) is 0 Å². The monoisotopic (exact) mass is 354 g/mol. The first kappa shape index (κ1) is 17.0. The topological polar surface area (TPSA) is 0 Å².